The number of thiophene rings is 4. The molecule has 0 aliphatic heterocycles. The molecule has 0 saturated heterocycles. The van der Waals surface area contributed by atoms with E-state index in [9.17, 15) is 0 Å². The Morgan fingerprint density at radius 1 is 0.164 bits per heavy atom. The number of hydrogen-bond donors (Lipinski definition) is 0. The topological polar surface area (TPSA) is 32.7 Å². The summed E-state index contributed by atoms with van der Waals surface area (Å²) in [6.07, 6.45) is 0. The van der Waals surface area contributed by atoms with Gasteiger partial charge in [-0.05, 0) is 196 Å². The molecule has 20 aromatic carbocycles. The Bertz CT molecular complexity index is 9130. The molecule has 8 nitrogen and oxygen atoms in total. The van der Waals surface area contributed by atoms with Crippen LogP contribution in [-0.2, 0) is 27.2 Å². The Labute approximate surface area is 788 Å². The molecule has 0 bridgehead atoms. The summed E-state index contributed by atoms with van der Waals surface area (Å²) in [5.41, 5.74) is 23.8. The molecule has 8 aromatic heterocycles. The number of aryl methyl sites for hydroxylation is 4. The molecule has 0 radical (unpaired) electrons. The Morgan fingerprint density at radius 2 is 0.366 bits per heavy atom. The van der Waals surface area contributed by atoms with Crippen LogP contribution in [0.25, 0.3) is 189 Å². The summed E-state index contributed by atoms with van der Waals surface area (Å²) in [6, 6.07) is 153. The van der Waals surface area contributed by atoms with Crippen molar-refractivity contribution in [2.24, 2.45) is 14.1 Å². The van der Waals surface area contributed by atoms with Crippen LogP contribution in [0.4, 0.5) is 68.2 Å². The van der Waals surface area contributed by atoms with E-state index in [0.29, 0.717) is 0 Å². The molecule has 636 valence electrons. The lowest BCUT2D eigenvalue weighted by atomic mass is 10.0. The fraction of sp³-hybridized carbons (Fsp3) is 0.0492. The first-order chi connectivity index (χ1) is 66.2. The van der Waals surface area contributed by atoms with Crippen LogP contribution in [0.1, 0.15) is 13.8 Å². The largest absolute Gasteiger partial charge is 0.344 e. The van der Waals surface area contributed by atoms with Gasteiger partial charge in [0.1, 0.15) is 0 Å². The van der Waals surface area contributed by atoms with Gasteiger partial charge in [0.05, 0.1) is 11.0 Å². The van der Waals surface area contributed by atoms with Crippen LogP contribution < -0.4 is 19.6 Å². The number of para-hydroxylation sites is 8. The van der Waals surface area contributed by atoms with E-state index in [1.807, 2.05) is 45.3 Å². The van der Waals surface area contributed by atoms with Gasteiger partial charge in [-0.3, -0.25) is 0 Å². The molecule has 0 unspecified atom stereocenters. The number of aromatic nitrogens is 4. The number of nitrogens with zero attached hydrogens (tertiary/aromatic N) is 8. The third-order valence-electron chi connectivity index (χ3n) is 28.1. The fourth-order valence-electron chi connectivity index (χ4n) is 22.0. The summed E-state index contributed by atoms with van der Waals surface area (Å²) in [5.74, 6) is 0. The van der Waals surface area contributed by atoms with Gasteiger partial charge in [0.25, 0.3) is 0 Å². The number of anilines is 12. The van der Waals surface area contributed by atoms with Crippen molar-refractivity contribution in [3.8, 4) is 0 Å². The summed E-state index contributed by atoms with van der Waals surface area (Å²) in [4.78, 5) is 9.63. The highest BCUT2D eigenvalue weighted by atomic mass is 32.1. The minimum Gasteiger partial charge on any atom is -0.344 e. The summed E-state index contributed by atoms with van der Waals surface area (Å²) in [6.45, 7) is 6.30. The molecular formula is C122H84N8S4. The minimum atomic E-state index is 0.909. The predicted molar refractivity (Wildman–Crippen MR) is 584 cm³/mol. The maximum Gasteiger partial charge on any atom is 0.0512 e. The average molecular weight is 1790 g/mol. The third kappa shape index (κ3) is 12.2. The van der Waals surface area contributed by atoms with Gasteiger partial charge >= 0.3 is 0 Å². The molecule has 8 heterocycles. The second-order valence-corrected chi connectivity index (χ2v) is 39.5. The molecule has 28 rings (SSSR count). The Balaban J connectivity index is 0.000000137. The SMILES string of the molecule is CCn1c2ccccc2c2ccc(N(c3ccccc3)c3ccc4c(c3)sc3c4ccc4c3ccc3c5ccc(N(c6ccccc6)c6ccc7c8ccccc8n(CC)c7c6)cc5sc34)cc21.Cn1c2ccccc2c2cc(N(c3ccccc3)c3ccc4c(c3)sc3c4ccc4c3ccc3c5ccc(N(c6ccccc6)c6ccc7c(c6)c6ccccc6n7C)cc5sc34)ccc21. The van der Waals surface area contributed by atoms with Gasteiger partial charge in [0.15, 0.2) is 0 Å². The van der Waals surface area contributed by atoms with Crippen molar-refractivity contribution in [3.63, 3.8) is 0 Å². The lowest BCUT2D eigenvalue weighted by molar-refractivity contribution is 0.827. The highest BCUT2D eigenvalue weighted by Crippen LogP contribution is 2.53. The first-order valence-corrected chi connectivity index (χ1v) is 49.3. The van der Waals surface area contributed by atoms with Gasteiger partial charge in [0.2, 0.25) is 0 Å². The van der Waals surface area contributed by atoms with Crippen molar-refractivity contribution >= 4 is 303 Å². The van der Waals surface area contributed by atoms with Crippen LogP contribution >= 0.6 is 45.3 Å². The highest BCUT2D eigenvalue weighted by Gasteiger charge is 2.26. The average Bonchev–Trinajstić information content (AvgIpc) is 1.57. The molecule has 0 fully saturated rings. The third-order valence-corrected chi connectivity index (χ3v) is 32.9. The Morgan fingerprint density at radius 3 is 0.649 bits per heavy atom. The summed E-state index contributed by atoms with van der Waals surface area (Å²) in [7, 11) is 4.32. The van der Waals surface area contributed by atoms with Gasteiger partial charge in [-0.15, -0.1) is 45.3 Å². The lowest BCUT2D eigenvalue weighted by Gasteiger charge is -2.26. The number of hydrogen-bond acceptors (Lipinski definition) is 8. The van der Waals surface area contributed by atoms with Crippen LogP contribution in [0.5, 0.6) is 0 Å². The first kappa shape index (κ1) is 78.1. The van der Waals surface area contributed by atoms with Crippen molar-refractivity contribution in [1.82, 2.24) is 18.3 Å². The molecule has 0 aliphatic rings. The van der Waals surface area contributed by atoms with E-state index >= 15 is 0 Å². The zero-order valence-electron chi connectivity index (χ0n) is 73.9. The summed E-state index contributed by atoms with van der Waals surface area (Å²) in [5, 5.41) is 25.9. The van der Waals surface area contributed by atoms with E-state index in [0.717, 1.165) is 81.3 Å². The van der Waals surface area contributed by atoms with Crippen LogP contribution in [0, 0.1) is 0 Å². The first-order valence-electron chi connectivity index (χ1n) is 46.0. The standard InChI is InChI=1S/C62H44N4S2.C60H40N4S2/c1-3-63-55-21-13-11-19-45(55)47-27-23-41(35-57(47)63)65(39-15-7-5-8-16-39)43-25-29-49-51-31-33-54-53(61(51)67-59(49)37-43)34-32-52-50-30-26-44(38-60(50)68-62(52)54)66(40-17-9-6-10-18-40)42-24-28-48-46-20-12-14-22-56(46)64(4-2)58(48)36-42;1-61-53-19-11-9-17-43(53)51-33-39(23-31-55(51)61)63(37-13-5-3-6-14-37)41-21-25-45-47-27-29-50-49(59(47)65-57(45)35-41)30-28-48-46-26-22-42(36-58(46)66-60(48)50)64(38-15-7-4-8-16-38)40-24-32-56-52(34-40)44-18-10-12-20-54(44)62(56)2/h5-38H,3-4H2,1-2H3;3-36H,1-2H3. The molecule has 134 heavy (non-hydrogen) atoms. The number of rotatable bonds is 14. The van der Waals surface area contributed by atoms with E-state index in [2.05, 4.69) is 478 Å². The molecule has 0 N–H and O–H groups in total. The Kier molecular flexibility index (Phi) is 18.0. The van der Waals surface area contributed by atoms with Crippen molar-refractivity contribution in [1.29, 1.82) is 0 Å². The zero-order valence-corrected chi connectivity index (χ0v) is 77.2. The lowest BCUT2D eigenvalue weighted by Crippen LogP contribution is -2.09. The molecule has 28 aromatic rings. The van der Waals surface area contributed by atoms with Crippen molar-refractivity contribution < 1.29 is 0 Å². The number of benzene rings is 20. The second kappa shape index (κ2) is 30.9. The monoisotopic (exact) mass is 1790 g/mol. The molecule has 0 atom stereocenters. The maximum absolute atomic E-state index is 2.44. The zero-order chi connectivity index (χ0) is 88.7. The quantitative estimate of drug-likeness (QED) is 0.109. The maximum atomic E-state index is 2.44. The van der Waals surface area contributed by atoms with Crippen molar-refractivity contribution in [3.05, 3.63) is 413 Å². The molecular weight excluding hydrogens is 1710 g/mol. The molecule has 0 aliphatic carbocycles. The van der Waals surface area contributed by atoms with Crippen molar-refractivity contribution in [2.45, 2.75) is 26.9 Å². The number of fused-ring (bicyclic) bond motifs is 30. The van der Waals surface area contributed by atoms with Gasteiger partial charge in [-0.25, -0.2) is 0 Å². The van der Waals surface area contributed by atoms with Crippen LogP contribution in [0.3, 0.4) is 0 Å². The second-order valence-electron chi connectivity index (χ2n) is 35.3. The van der Waals surface area contributed by atoms with E-state index in [4.69, 9.17) is 0 Å². The highest BCUT2D eigenvalue weighted by molar-refractivity contribution is 7.29. The van der Waals surface area contributed by atoms with E-state index in [1.165, 1.54) is 189 Å². The van der Waals surface area contributed by atoms with E-state index in [-0.39, 0.29) is 0 Å². The van der Waals surface area contributed by atoms with Crippen LogP contribution in [0.2, 0.25) is 0 Å². The molecule has 0 spiro atoms. The minimum absolute atomic E-state index is 0.909. The van der Waals surface area contributed by atoms with Crippen LogP contribution in [-0.4, -0.2) is 18.3 Å². The van der Waals surface area contributed by atoms with E-state index in [1.54, 1.807) is 0 Å². The summed E-state index contributed by atoms with van der Waals surface area (Å²) >= 11 is 7.64. The van der Waals surface area contributed by atoms with Crippen LogP contribution in [0.15, 0.2) is 413 Å². The fourth-order valence-corrected chi connectivity index (χ4v) is 27.0. The van der Waals surface area contributed by atoms with Gasteiger partial charge in [-0.1, -0.05) is 231 Å². The van der Waals surface area contributed by atoms with Gasteiger partial charge in [0, 0.05) is 274 Å². The predicted octanol–water partition coefficient (Wildman–Crippen LogP) is 36.6. The molecule has 12 heteroatoms. The summed E-state index contributed by atoms with van der Waals surface area (Å²) < 4.78 is 20.0. The van der Waals surface area contributed by atoms with E-state index < -0.39 is 0 Å². The Hall–Kier alpha value is -15.8. The molecule has 0 saturated carbocycles. The van der Waals surface area contributed by atoms with Gasteiger partial charge < -0.3 is 37.9 Å². The van der Waals surface area contributed by atoms with Crippen molar-refractivity contribution in [2.75, 3.05) is 19.6 Å². The normalized spacial score (nSPS) is 12.1. The van der Waals surface area contributed by atoms with Gasteiger partial charge in [-0.2, -0.15) is 0 Å². The smallest absolute Gasteiger partial charge is 0.0512 e. The molecule has 0 amide bonds.